The second-order valence-electron chi connectivity index (χ2n) is 3.73. The molecule has 0 aromatic carbocycles. The molecule has 78 valence electrons. The van der Waals surface area contributed by atoms with Crippen LogP contribution in [0.2, 0.25) is 0 Å². The van der Waals surface area contributed by atoms with Crippen molar-refractivity contribution in [2.75, 3.05) is 0 Å². The summed E-state index contributed by atoms with van der Waals surface area (Å²) in [6.45, 7) is 1.47. The summed E-state index contributed by atoms with van der Waals surface area (Å²) in [5.74, 6) is 0. The maximum atomic E-state index is 11.6. The Morgan fingerprint density at radius 3 is 2.93 bits per heavy atom. The molecule has 0 amide bonds. The molecule has 3 rings (SSSR count). The molecule has 0 spiro atoms. The molecule has 2 aromatic rings. The first-order chi connectivity index (χ1) is 7.27. The third-order valence-corrected chi connectivity index (χ3v) is 2.78. The summed E-state index contributed by atoms with van der Waals surface area (Å²) in [5.41, 5.74) is 0.279. The molecule has 0 bridgehead atoms. The van der Waals surface area contributed by atoms with E-state index < -0.39 is 5.56 Å². The number of imidazole rings is 1. The van der Waals surface area contributed by atoms with Gasteiger partial charge in [0.05, 0.1) is 6.33 Å². The Morgan fingerprint density at radius 2 is 2.07 bits per heavy atom. The van der Waals surface area contributed by atoms with Crippen LogP contribution in [0.5, 0.6) is 0 Å². The number of aryl methyl sites for hydroxylation is 2. The SMILES string of the molecule is O=c1[nH]c(=O)n2c3c1ncn3CCCC2. The van der Waals surface area contributed by atoms with Crippen molar-refractivity contribution >= 4 is 11.2 Å². The molecule has 1 N–H and O–H groups in total. The van der Waals surface area contributed by atoms with Gasteiger partial charge in [0.2, 0.25) is 0 Å². The zero-order valence-corrected chi connectivity index (χ0v) is 8.06. The van der Waals surface area contributed by atoms with Crippen LogP contribution in [0, 0.1) is 0 Å². The molecule has 0 unspecified atom stereocenters. The van der Waals surface area contributed by atoms with Crippen LogP contribution in [0.1, 0.15) is 12.8 Å². The average Bonchev–Trinajstić information content (AvgIpc) is 2.50. The molecule has 0 fully saturated rings. The lowest BCUT2D eigenvalue weighted by molar-refractivity contribution is 0.596. The first-order valence-electron chi connectivity index (χ1n) is 4.95. The van der Waals surface area contributed by atoms with Gasteiger partial charge in [-0.25, -0.2) is 9.78 Å². The number of aromatic amines is 1. The molecule has 3 heterocycles. The maximum absolute atomic E-state index is 11.6. The molecule has 6 nitrogen and oxygen atoms in total. The van der Waals surface area contributed by atoms with Gasteiger partial charge in [0.1, 0.15) is 5.65 Å². The minimum Gasteiger partial charge on any atom is -0.316 e. The van der Waals surface area contributed by atoms with Crippen LogP contribution in [-0.4, -0.2) is 19.1 Å². The summed E-state index contributed by atoms with van der Waals surface area (Å²) < 4.78 is 3.47. The van der Waals surface area contributed by atoms with Gasteiger partial charge in [-0.3, -0.25) is 14.3 Å². The standard InChI is InChI=1S/C9H10N4O2/c14-7-6-8-12(5-10-6)3-1-2-4-13(8)9(15)11-7/h5H,1-4H2,(H,11,14,15). The van der Waals surface area contributed by atoms with Gasteiger partial charge < -0.3 is 4.57 Å². The van der Waals surface area contributed by atoms with E-state index in [0.717, 1.165) is 19.4 Å². The fourth-order valence-corrected chi connectivity index (χ4v) is 2.06. The molecule has 0 radical (unpaired) electrons. The Kier molecular flexibility index (Phi) is 1.59. The van der Waals surface area contributed by atoms with E-state index in [0.29, 0.717) is 17.7 Å². The summed E-state index contributed by atoms with van der Waals surface area (Å²) in [6, 6.07) is 0. The van der Waals surface area contributed by atoms with E-state index in [2.05, 4.69) is 9.97 Å². The summed E-state index contributed by atoms with van der Waals surface area (Å²) in [4.78, 5) is 29.4. The minimum atomic E-state index is -0.396. The number of nitrogens with one attached hydrogen (secondary N) is 1. The van der Waals surface area contributed by atoms with Gasteiger partial charge in [0.15, 0.2) is 5.52 Å². The van der Waals surface area contributed by atoms with E-state index in [4.69, 9.17) is 0 Å². The third-order valence-electron chi connectivity index (χ3n) is 2.78. The monoisotopic (exact) mass is 206 g/mol. The van der Waals surface area contributed by atoms with Gasteiger partial charge in [0, 0.05) is 13.1 Å². The summed E-state index contributed by atoms with van der Waals surface area (Å²) in [7, 11) is 0. The van der Waals surface area contributed by atoms with Crippen LogP contribution in [-0.2, 0) is 13.1 Å². The largest absolute Gasteiger partial charge is 0.330 e. The number of hydrogen-bond donors (Lipinski definition) is 1. The van der Waals surface area contributed by atoms with Crippen molar-refractivity contribution in [1.29, 1.82) is 0 Å². The molecule has 0 aliphatic carbocycles. The fraction of sp³-hybridized carbons (Fsp3) is 0.444. The van der Waals surface area contributed by atoms with Crippen LogP contribution in [0.3, 0.4) is 0 Å². The minimum absolute atomic E-state index is 0.337. The van der Waals surface area contributed by atoms with Crippen molar-refractivity contribution in [3.05, 3.63) is 27.2 Å². The van der Waals surface area contributed by atoms with Crippen molar-refractivity contribution in [1.82, 2.24) is 19.1 Å². The Balaban J connectivity index is 2.56. The van der Waals surface area contributed by atoms with Crippen LogP contribution in [0.15, 0.2) is 15.9 Å². The summed E-state index contributed by atoms with van der Waals surface area (Å²) in [5, 5.41) is 0. The summed E-state index contributed by atoms with van der Waals surface area (Å²) in [6.07, 6.45) is 3.57. The Bertz CT molecular complexity index is 634. The Morgan fingerprint density at radius 1 is 1.27 bits per heavy atom. The van der Waals surface area contributed by atoms with E-state index >= 15 is 0 Å². The lowest BCUT2D eigenvalue weighted by atomic mass is 10.3. The van der Waals surface area contributed by atoms with Gasteiger partial charge in [-0.2, -0.15) is 0 Å². The van der Waals surface area contributed by atoms with Crippen LogP contribution in [0.25, 0.3) is 11.2 Å². The van der Waals surface area contributed by atoms with Crippen LogP contribution < -0.4 is 11.2 Å². The van der Waals surface area contributed by atoms with Crippen LogP contribution in [0.4, 0.5) is 0 Å². The zero-order chi connectivity index (χ0) is 10.4. The third kappa shape index (κ3) is 1.07. The molecule has 2 aromatic heterocycles. The predicted octanol–water partition coefficient (Wildman–Crippen LogP) is -0.320. The van der Waals surface area contributed by atoms with Gasteiger partial charge in [-0.1, -0.05) is 0 Å². The Labute approximate surface area is 84.2 Å². The van der Waals surface area contributed by atoms with Gasteiger partial charge >= 0.3 is 5.69 Å². The number of aromatic nitrogens is 4. The van der Waals surface area contributed by atoms with Crippen molar-refractivity contribution in [2.24, 2.45) is 0 Å². The number of nitrogens with zero attached hydrogens (tertiary/aromatic N) is 3. The fourth-order valence-electron chi connectivity index (χ4n) is 2.06. The van der Waals surface area contributed by atoms with Crippen molar-refractivity contribution in [2.45, 2.75) is 25.9 Å². The summed E-state index contributed by atoms with van der Waals surface area (Å²) >= 11 is 0. The van der Waals surface area contributed by atoms with E-state index in [1.807, 2.05) is 4.57 Å². The van der Waals surface area contributed by atoms with E-state index in [9.17, 15) is 9.59 Å². The van der Waals surface area contributed by atoms with Gasteiger partial charge in [0.25, 0.3) is 5.56 Å². The molecule has 0 saturated carbocycles. The average molecular weight is 206 g/mol. The molecule has 1 aliphatic rings. The second-order valence-corrected chi connectivity index (χ2v) is 3.73. The first kappa shape index (κ1) is 8.46. The lowest BCUT2D eigenvalue weighted by Gasteiger charge is -2.03. The number of H-pyrrole nitrogens is 1. The van der Waals surface area contributed by atoms with Crippen LogP contribution >= 0.6 is 0 Å². The molecule has 15 heavy (non-hydrogen) atoms. The van der Waals surface area contributed by atoms with E-state index in [1.54, 1.807) is 10.9 Å². The predicted molar refractivity (Wildman–Crippen MR) is 53.8 cm³/mol. The molecule has 0 atom stereocenters. The quantitative estimate of drug-likeness (QED) is 0.642. The van der Waals surface area contributed by atoms with Gasteiger partial charge in [-0.15, -0.1) is 0 Å². The number of hydrogen-bond acceptors (Lipinski definition) is 3. The van der Waals surface area contributed by atoms with Gasteiger partial charge in [-0.05, 0) is 12.8 Å². The zero-order valence-electron chi connectivity index (χ0n) is 8.06. The van der Waals surface area contributed by atoms with Crippen molar-refractivity contribution in [3.8, 4) is 0 Å². The van der Waals surface area contributed by atoms with E-state index in [1.165, 1.54) is 0 Å². The molecular weight excluding hydrogens is 196 g/mol. The van der Waals surface area contributed by atoms with E-state index in [-0.39, 0.29) is 5.69 Å². The Hall–Kier alpha value is -1.85. The second kappa shape index (κ2) is 2.82. The highest BCUT2D eigenvalue weighted by molar-refractivity contribution is 5.69. The lowest BCUT2D eigenvalue weighted by Crippen LogP contribution is -2.30. The highest BCUT2D eigenvalue weighted by atomic mass is 16.2. The molecular formula is C9H10N4O2. The van der Waals surface area contributed by atoms with Crippen molar-refractivity contribution in [3.63, 3.8) is 0 Å². The maximum Gasteiger partial charge on any atom is 0.330 e. The van der Waals surface area contributed by atoms with Crippen molar-refractivity contribution < 1.29 is 0 Å². The normalized spacial score (nSPS) is 15.5. The number of rotatable bonds is 0. The topological polar surface area (TPSA) is 72.7 Å². The highest BCUT2D eigenvalue weighted by Crippen LogP contribution is 2.12. The smallest absolute Gasteiger partial charge is 0.316 e. The highest BCUT2D eigenvalue weighted by Gasteiger charge is 2.15. The molecule has 6 heteroatoms. The first-order valence-corrected chi connectivity index (χ1v) is 4.95. The molecule has 1 aliphatic heterocycles. The molecule has 0 saturated heterocycles.